The Morgan fingerprint density at radius 3 is 2.73 bits per heavy atom. The lowest BCUT2D eigenvalue weighted by molar-refractivity contribution is -0.113. The zero-order valence-corrected chi connectivity index (χ0v) is 20.9. The van der Waals surface area contributed by atoms with Gasteiger partial charge in [-0.25, -0.2) is 9.07 Å². The van der Waals surface area contributed by atoms with E-state index in [4.69, 9.17) is 4.74 Å². The van der Waals surface area contributed by atoms with E-state index in [1.807, 2.05) is 12.1 Å². The van der Waals surface area contributed by atoms with Crippen molar-refractivity contribution in [3.8, 4) is 11.5 Å². The van der Waals surface area contributed by atoms with Crippen LogP contribution in [0.5, 0.6) is 11.5 Å². The van der Waals surface area contributed by atoms with Crippen LogP contribution in [0.25, 0.3) is 0 Å². The van der Waals surface area contributed by atoms with E-state index in [2.05, 4.69) is 20.7 Å². The summed E-state index contributed by atoms with van der Waals surface area (Å²) >= 11 is 1.29. The number of hydrogen-bond donors (Lipinski definition) is 3. The molecule has 10 heteroatoms. The number of benzene rings is 3. The smallest absolute Gasteiger partial charge is 0.255 e. The second kappa shape index (κ2) is 10.4. The molecule has 0 saturated heterocycles. The summed E-state index contributed by atoms with van der Waals surface area (Å²) in [6.45, 7) is 1.79. The molecule has 5 rings (SSSR count). The highest BCUT2D eigenvalue weighted by Gasteiger charge is 2.35. The number of ether oxygens (including phenoxy) is 1. The number of rotatable bonds is 7. The van der Waals surface area contributed by atoms with Crippen molar-refractivity contribution in [2.75, 3.05) is 17.7 Å². The number of phenols is 1. The molecule has 1 amide bonds. The Kier molecular flexibility index (Phi) is 6.82. The maximum absolute atomic E-state index is 14.1. The van der Waals surface area contributed by atoms with Crippen LogP contribution in [0.1, 0.15) is 24.1 Å². The fourth-order valence-electron chi connectivity index (χ4n) is 4.19. The zero-order chi connectivity index (χ0) is 25.9. The molecular weight excluding hydrogens is 493 g/mol. The van der Waals surface area contributed by atoms with Crippen LogP contribution in [0.2, 0.25) is 0 Å². The second-order valence-corrected chi connectivity index (χ2v) is 9.30. The minimum Gasteiger partial charge on any atom is -0.508 e. The summed E-state index contributed by atoms with van der Waals surface area (Å²) in [5.41, 5.74) is 2.72. The number of nitrogens with one attached hydrogen (secondary N) is 2. The van der Waals surface area contributed by atoms with Crippen LogP contribution in [0.15, 0.2) is 89.2 Å². The quantitative estimate of drug-likeness (QED) is 0.284. The number of fused-ring (bicyclic) bond motifs is 1. The molecule has 37 heavy (non-hydrogen) atoms. The van der Waals surface area contributed by atoms with Crippen LogP contribution in [-0.4, -0.2) is 32.9 Å². The van der Waals surface area contributed by atoms with Crippen molar-refractivity contribution < 1.29 is 19.0 Å². The van der Waals surface area contributed by atoms with E-state index < -0.39 is 6.04 Å². The number of nitrogens with zero attached hydrogens (tertiary/aromatic N) is 3. The van der Waals surface area contributed by atoms with Gasteiger partial charge >= 0.3 is 0 Å². The van der Waals surface area contributed by atoms with Gasteiger partial charge in [-0.15, -0.1) is 5.10 Å². The number of thioether (sulfide) groups is 1. The number of methoxy groups -OCH3 is 1. The van der Waals surface area contributed by atoms with Gasteiger partial charge in [0.25, 0.3) is 5.91 Å². The van der Waals surface area contributed by atoms with E-state index in [0.717, 1.165) is 0 Å². The molecule has 3 N–H and O–H groups in total. The van der Waals surface area contributed by atoms with Gasteiger partial charge in [0.2, 0.25) is 11.1 Å². The van der Waals surface area contributed by atoms with E-state index in [-0.39, 0.29) is 17.5 Å². The van der Waals surface area contributed by atoms with Crippen molar-refractivity contribution in [3.05, 3.63) is 101 Å². The van der Waals surface area contributed by atoms with E-state index in [1.165, 1.54) is 24.9 Å². The molecule has 1 aliphatic heterocycles. The van der Waals surface area contributed by atoms with E-state index in [0.29, 0.717) is 50.7 Å². The number of aromatic nitrogens is 3. The maximum atomic E-state index is 14.1. The maximum Gasteiger partial charge on any atom is 0.255 e. The van der Waals surface area contributed by atoms with Gasteiger partial charge in [0, 0.05) is 11.4 Å². The molecule has 0 bridgehead atoms. The SMILES string of the molecule is COc1ccccc1NC(=O)C1=C(C)Nc2nc(SCc3ccccc3F)nn2C1c1cccc(O)c1. The second-order valence-electron chi connectivity index (χ2n) is 8.36. The lowest BCUT2D eigenvalue weighted by atomic mass is 9.95. The number of halogens is 1. The van der Waals surface area contributed by atoms with Gasteiger partial charge in [0.15, 0.2) is 0 Å². The molecule has 0 saturated carbocycles. The third-order valence-electron chi connectivity index (χ3n) is 5.93. The Bertz CT molecular complexity index is 1500. The van der Waals surface area contributed by atoms with Gasteiger partial charge in [0.1, 0.15) is 23.4 Å². The van der Waals surface area contributed by atoms with Crippen LogP contribution < -0.4 is 15.4 Å². The topological polar surface area (TPSA) is 101 Å². The van der Waals surface area contributed by atoms with Crippen LogP contribution in [0.4, 0.5) is 16.0 Å². The minimum absolute atomic E-state index is 0.0639. The molecule has 2 heterocycles. The molecule has 1 atom stereocenters. The summed E-state index contributed by atoms with van der Waals surface area (Å²) in [4.78, 5) is 18.2. The number of carbonyl (C=O) groups excluding carboxylic acids is 1. The van der Waals surface area contributed by atoms with Crippen LogP contribution in [-0.2, 0) is 10.5 Å². The van der Waals surface area contributed by atoms with Gasteiger partial charge in [0.05, 0.1) is 18.4 Å². The van der Waals surface area contributed by atoms with Gasteiger partial charge in [-0.05, 0) is 48.4 Å². The van der Waals surface area contributed by atoms with Crippen molar-refractivity contribution in [1.29, 1.82) is 0 Å². The lowest BCUT2D eigenvalue weighted by Crippen LogP contribution is -2.31. The summed E-state index contributed by atoms with van der Waals surface area (Å²) < 4.78 is 21.1. The molecule has 4 aromatic rings. The Morgan fingerprint density at radius 1 is 1.16 bits per heavy atom. The summed E-state index contributed by atoms with van der Waals surface area (Å²) in [7, 11) is 1.54. The minimum atomic E-state index is -0.673. The number of para-hydroxylation sites is 2. The predicted molar refractivity (Wildman–Crippen MR) is 140 cm³/mol. The number of hydrogen-bond acceptors (Lipinski definition) is 7. The average molecular weight is 518 g/mol. The van der Waals surface area contributed by atoms with Gasteiger partial charge < -0.3 is 20.5 Å². The molecule has 0 radical (unpaired) electrons. The van der Waals surface area contributed by atoms with Crippen molar-refractivity contribution in [2.45, 2.75) is 23.9 Å². The molecule has 1 aliphatic rings. The van der Waals surface area contributed by atoms with Crippen LogP contribution in [0.3, 0.4) is 0 Å². The number of anilines is 2. The monoisotopic (exact) mass is 517 g/mol. The molecule has 1 aromatic heterocycles. The van der Waals surface area contributed by atoms with Crippen molar-refractivity contribution in [1.82, 2.24) is 14.8 Å². The summed E-state index contributed by atoms with van der Waals surface area (Å²) in [5.74, 6) is 0.734. The fraction of sp³-hybridized carbons (Fsp3) is 0.148. The molecule has 1 unspecified atom stereocenters. The standard InChI is InChI=1S/C27H24FN5O3S/c1-16-23(25(35)30-21-12-5-6-13-22(21)36-2)24(17-9-7-10-19(34)14-17)33-26(29-16)31-27(32-33)37-15-18-8-3-4-11-20(18)28/h3-14,24,34H,15H2,1-2H3,(H,30,35)(H,29,31,32). The summed E-state index contributed by atoms with van der Waals surface area (Å²) in [5, 5.41) is 21.4. The third kappa shape index (κ3) is 5.01. The number of amides is 1. The first kappa shape index (κ1) is 24.4. The lowest BCUT2D eigenvalue weighted by Gasteiger charge is -2.28. The molecule has 3 aromatic carbocycles. The zero-order valence-electron chi connectivity index (χ0n) is 20.1. The van der Waals surface area contributed by atoms with Gasteiger partial charge in [-0.2, -0.15) is 4.98 Å². The Balaban J connectivity index is 1.51. The van der Waals surface area contributed by atoms with Crippen LogP contribution in [0, 0.1) is 5.82 Å². The van der Waals surface area contributed by atoms with Gasteiger partial charge in [-0.3, -0.25) is 4.79 Å². The van der Waals surface area contributed by atoms with Crippen LogP contribution >= 0.6 is 11.8 Å². The first-order valence-corrected chi connectivity index (χ1v) is 12.5. The first-order valence-electron chi connectivity index (χ1n) is 11.5. The van der Waals surface area contributed by atoms with Crippen molar-refractivity contribution in [3.63, 3.8) is 0 Å². The van der Waals surface area contributed by atoms with Crippen molar-refractivity contribution in [2.24, 2.45) is 0 Å². The predicted octanol–water partition coefficient (Wildman–Crippen LogP) is 5.35. The highest BCUT2D eigenvalue weighted by atomic mass is 32.2. The summed E-state index contributed by atoms with van der Waals surface area (Å²) in [6.07, 6.45) is 0. The van der Waals surface area contributed by atoms with Crippen molar-refractivity contribution >= 4 is 29.3 Å². The highest BCUT2D eigenvalue weighted by Crippen LogP contribution is 2.38. The van der Waals surface area contributed by atoms with E-state index >= 15 is 0 Å². The largest absolute Gasteiger partial charge is 0.508 e. The Morgan fingerprint density at radius 2 is 1.95 bits per heavy atom. The highest BCUT2D eigenvalue weighted by molar-refractivity contribution is 7.98. The van der Waals surface area contributed by atoms with E-state index in [9.17, 15) is 14.3 Å². The number of allylic oxidation sites excluding steroid dienone is 1. The number of aromatic hydroxyl groups is 1. The number of phenolic OH excluding ortho intramolecular Hbond substituents is 1. The fourth-order valence-corrected chi connectivity index (χ4v) is 5.00. The average Bonchev–Trinajstić information content (AvgIpc) is 3.30. The van der Waals surface area contributed by atoms with Gasteiger partial charge in [-0.1, -0.05) is 54.2 Å². The molecule has 0 fully saturated rings. The normalized spacial score (nSPS) is 14.6. The third-order valence-corrected chi connectivity index (χ3v) is 6.82. The first-order chi connectivity index (χ1) is 17.9. The number of carbonyl (C=O) groups is 1. The van der Waals surface area contributed by atoms with E-state index in [1.54, 1.807) is 66.2 Å². The molecule has 0 aliphatic carbocycles. The Hall–Kier alpha value is -4.31. The molecule has 188 valence electrons. The Labute approximate surface area is 217 Å². The summed E-state index contributed by atoms with van der Waals surface area (Å²) in [6, 6.07) is 19.7. The molecule has 0 spiro atoms. The molecule has 8 nitrogen and oxygen atoms in total. The molecular formula is C27H24FN5O3S.